The molecule has 2 aromatic rings. The molecule has 62 valence electrons. The van der Waals surface area contributed by atoms with Gasteiger partial charge in [0.2, 0.25) is 0 Å². The Bertz CT molecular complexity index is 436. The van der Waals surface area contributed by atoms with E-state index in [1.165, 1.54) is 0 Å². The maximum Gasteiger partial charge on any atom is 0.138 e. The van der Waals surface area contributed by atoms with E-state index in [4.69, 9.17) is 11.6 Å². The molecular weight excluding hydrogens is 239 g/mol. The van der Waals surface area contributed by atoms with E-state index in [9.17, 15) is 0 Å². The van der Waals surface area contributed by atoms with Crippen LogP contribution < -0.4 is 0 Å². The average Bonchev–Trinajstić information content (AvgIpc) is 2.39. The number of fused-ring (bicyclic) bond motifs is 1. The van der Waals surface area contributed by atoms with Crippen molar-refractivity contribution in [3.8, 4) is 0 Å². The summed E-state index contributed by atoms with van der Waals surface area (Å²) in [5.41, 5.74) is 1.84. The standard InChI is InChI=1S/C8H6BrClN2/c1-5-4-12-7(11-5)3-2-6(9)8(12)10/h2-4H,1H3. The molecule has 4 heteroatoms. The summed E-state index contributed by atoms with van der Waals surface area (Å²) in [5.74, 6) is 0. The van der Waals surface area contributed by atoms with Gasteiger partial charge < -0.3 is 0 Å². The molecule has 2 heterocycles. The van der Waals surface area contributed by atoms with Gasteiger partial charge in [0, 0.05) is 6.20 Å². The molecule has 0 unspecified atom stereocenters. The Morgan fingerprint density at radius 2 is 2.25 bits per heavy atom. The molecule has 0 N–H and O–H groups in total. The first-order valence-corrected chi connectivity index (χ1v) is 4.65. The summed E-state index contributed by atoms with van der Waals surface area (Å²) in [7, 11) is 0. The molecule has 0 spiro atoms. The minimum Gasteiger partial charge on any atom is -0.289 e. The van der Waals surface area contributed by atoms with Gasteiger partial charge in [0.15, 0.2) is 0 Å². The summed E-state index contributed by atoms with van der Waals surface area (Å²) < 4.78 is 2.73. The van der Waals surface area contributed by atoms with E-state index in [2.05, 4.69) is 20.9 Å². The van der Waals surface area contributed by atoms with Crippen LogP contribution in [0.3, 0.4) is 0 Å². The molecule has 0 aliphatic heterocycles. The van der Waals surface area contributed by atoms with Crippen molar-refractivity contribution >= 4 is 33.2 Å². The summed E-state index contributed by atoms with van der Waals surface area (Å²) in [4.78, 5) is 4.27. The number of hydrogen-bond acceptors (Lipinski definition) is 1. The molecule has 2 nitrogen and oxygen atoms in total. The van der Waals surface area contributed by atoms with Crippen molar-refractivity contribution in [3.63, 3.8) is 0 Å². The highest BCUT2D eigenvalue weighted by Gasteiger charge is 2.03. The molecule has 0 saturated carbocycles. The lowest BCUT2D eigenvalue weighted by Gasteiger charge is -1.98. The van der Waals surface area contributed by atoms with Crippen LogP contribution in [0.1, 0.15) is 5.69 Å². The third kappa shape index (κ3) is 1.13. The quantitative estimate of drug-likeness (QED) is 0.652. The molecule has 0 aromatic carbocycles. The van der Waals surface area contributed by atoms with Gasteiger partial charge in [-0.05, 0) is 35.0 Å². The fourth-order valence-electron chi connectivity index (χ4n) is 1.12. The van der Waals surface area contributed by atoms with Crippen LogP contribution in [0.4, 0.5) is 0 Å². The van der Waals surface area contributed by atoms with E-state index in [1.807, 2.05) is 29.7 Å². The van der Waals surface area contributed by atoms with Gasteiger partial charge >= 0.3 is 0 Å². The van der Waals surface area contributed by atoms with Gasteiger partial charge in [-0.1, -0.05) is 11.6 Å². The molecule has 0 aliphatic carbocycles. The van der Waals surface area contributed by atoms with Crippen LogP contribution in [0.2, 0.25) is 5.15 Å². The zero-order valence-electron chi connectivity index (χ0n) is 6.38. The van der Waals surface area contributed by atoms with Crippen LogP contribution in [0.15, 0.2) is 22.8 Å². The number of rotatable bonds is 0. The second-order valence-electron chi connectivity index (χ2n) is 2.58. The van der Waals surface area contributed by atoms with Crippen LogP contribution in [-0.4, -0.2) is 9.38 Å². The second-order valence-corrected chi connectivity index (χ2v) is 3.79. The monoisotopic (exact) mass is 244 g/mol. The topological polar surface area (TPSA) is 17.3 Å². The molecule has 2 rings (SSSR count). The zero-order valence-corrected chi connectivity index (χ0v) is 8.72. The van der Waals surface area contributed by atoms with Crippen LogP contribution in [0.5, 0.6) is 0 Å². The van der Waals surface area contributed by atoms with E-state index in [0.29, 0.717) is 5.15 Å². The average molecular weight is 246 g/mol. The highest BCUT2D eigenvalue weighted by atomic mass is 79.9. The van der Waals surface area contributed by atoms with Crippen molar-refractivity contribution in [1.29, 1.82) is 0 Å². The Hall–Kier alpha value is -0.540. The number of aryl methyl sites for hydroxylation is 1. The second kappa shape index (κ2) is 2.75. The lowest BCUT2D eigenvalue weighted by atomic mass is 10.5. The molecule has 0 radical (unpaired) electrons. The van der Waals surface area contributed by atoms with Crippen molar-refractivity contribution in [3.05, 3.63) is 33.6 Å². The zero-order chi connectivity index (χ0) is 8.72. The molecule has 0 atom stereocenters. The van der Waals surface area contributed by atoms with Gasteiger partial charge in [-0.3, -0.25) is 4.40 Å². The van der Waals surface area contributed by atoms with Crippen LogP contribution in [0, 0.1) is 6.92 Å². The first-order chi connectivity index (χ1) is 5.68. The lowest BCUT2D eigenvalue weighted by molar-refractivity contribution is 1.17. The smallest absolute Gasteiger partial charge is 0.138 e. The fourth-order valence-corrected chi connectivity index (χ4v) is 1.64. The number of pyridine rings is 1. The van der Waals surface area contributed by atoms with Crippen molar-refractivity contribution in [1.82, 2.24) is 9.38 Å². The summed E-state index contributed by atoms with van der Waals surface area (Å²) in [5, 5.41) is 0.660. The first-order valence-electron chi connectivity index (χ1n) is 3.48. The maximum atomic E-state index is 6.02. The molecule has 0 fully saturated rings. The van der Waals surface area contributed by atoms with Gasteiger partial charge in [0.1, 0.15) is 10.8 Å². The number of nitrogens with zero attached hydrogens (tertiary/aromatic N) is 2. The Kier molecular flexibility index (Phi) is 1.85. The Balaban J connectivity index is 2.89. The highest BCUT2D eigenvalue weighted by molar-refractivity contribution is 9.10. The van der Waals surface area contributed by atoms with Crippen LogP contribution >= 0.6 is 27.5 Å². The Morgan fingerprint density at radius 3 is 3.00 bits per heavy atom. The first kappa shape index (κ1) is 8.08. The van der Waals surface area contributed by atoms with E-state index < -0.39 is 0 Å². The molecule has 0 saturated heterocycles. The largest absolute Gasteiger partial charge is 0.289 e. The predicted octanol–water partition coefficient (Wildman–Crippen LogP) is 3.06. The van der Waals surface area contributed by atoms with Crippen molar-refractivity contribution in [2.24, 2.45) is 0 Å². The van der Waals surface area contributed by atoms with Gasteiger partial charge in [-0.25, -0.2) is 4.98 Å². The minimum absolute atomic E-state index is 0.660. The molecule has 0 aliphatic rings. The van der Waals surface area contributed by atoms with Gasteiger partial charge in [-0.15, -0.1) is 0 Å². The van der Waals surface area contributed by atoms with E-state index in [-0.39, 0.29) is 0 Å². The minimum atomic E-state index is 0.660. The third-order valence-corrected chi connectivity index (χ3v) is 2.89. The number of halogens is 2. The van der Waals surface area contributed by atoms with Crippen molar-refractivity contribution in [2.75, 3.05) is 0 Å². The van der Waals surface area contributed by atoms with Crippen LogP contribution in [0.25, 0.3) is 5.65 Å². The number of imidazole rings is 1. The van der Waals surface area contributed by atoms with Gasteiger partial charge in [0.25, 0.3) is 0 Å². The summed E-state index contributed by atoms with van der Waals surface area (Å²) in [6, 6.07) is 3.81. The Labute approximate surface area is 83.3 Å². The maximum absolute atomic E-state index is 6.02. The molecule has 0 bridgehead atoms. The predicted molar refractivity (Wildman–Crippen MR) is 52.6 cm³/mol. The normalized spacial score (nSPS) is 10.9. The van der Waals surface area contributed by atoms with E-state index >= 15 is 0 Å². The number of aromatic nitrogens is 2. The molecule has 0 amide bonds. The van der Waals surface area contributed by atoms with Crippen LogP contribution in [-0.2, 0) is 0 Å². The lowest BCUT2D eigenvalue weighted by Crippen LogP contribution is -1.84. The van der Waals surface area contributed by atoms with E-state index in [0.717, 1.165) is 15.8 Å². The number of hydrogen-bond donors (Lipinski definition) is 0. The van der Waals surface area contributed by atoms with E-state index in [1.54, 1.807) is 0 Å². The van der Waals surface area contributed by atoms with Crippen molar-refractivity contribution < 1.29 is 0 Å². The van der Waals surface area contributed by atoms with Gasteiger partial charge in [0.05, 0.1) is 10.2 Å². The third-order valence-electron chi connectivity index (χ3n) is 1.64. The highest BCUT2D eigenvalue weighted by Crippen LogP contribution is 2.23. The molecular formula is C8H6BrClN2. The molecule has 2 aromatic heterocycles. The summed E-state index contributed by atoms with van der Waals surface area (Å²) in [6.45, 7) is 1.94. The van der Waals surface area contributed by atoms with Crippen molar-refractivity contribution in [2.45, 2.75) is 6.92 Å². The van der Waals surface area contributed by atoms with Gasteiger partial charge in [-0.2, -0.15) is 0 Å². The fraction of sp³-hybridized carbons (Fsp3) is 0.125. The molecule has 12 heavy (non-hydrogen) atoms. The summed E-state index contributed by atoms with van der Waals surface area (Å²) in [6.07, 6.45) is 1.91. The Morgan fingerprint density at radius 1 is 1.50 bits per heavy atom. The summed E-state index contributed by atoms with van der Waals surface area (Å²) >= 11 is 9.36. The SMILES string of the molecule is Cc1cn2c(Cl)c(Br)ccc2n1.